The molecule has 1 amide bonds. The van der Waals surface area contributed by atoms with E-state index in [2.05, 4.69) is 16.2 Å². The van der Waals surface area contributed by atoms with Crippen LogP contribution in [-0.2, 0) is 4.79 Å². The van der Waals surface area contributed by atoms with Crippen molar-refractivity contribution < 1.29 is 9.78 Å². The van der Waals surface area contributed by atoms with E-state index in [1.54, 1.807) is 0 Å². The average Bonchev–Trinajstić information content (AvgIpc) is 3.02. The van der Waals surface area contributed by atoms with Gasteiger partial charge in [0.05, 0.1) is 11.4 Å². The third kappa shape index (κ3) is 2.89. The van der Waals surface area contributed by atoms with Crippen LogP contribution in [0.2, 0.25) is 0 Å². The number of carbonyl (C=O) groups excluding carboxylic acids is 1. The van der Waals surface area contributed by atoms with Crippen molar-refractivity contribution in [2.45, 2.75) is 12.8 Å². The number of hydrogen-bond acceptors (Lipinski definition) is 4. The Labute approximate surface area is 162 Å². The smallest absolute Gasteiger partial charge is 0.286 e. The third-order valence-corrected chi connectivity index (χ3v) is 4.76. The van der Waals surface area contributed by atoms with E-state index >= 15 is 0 Å². The molecular formula is C22H18N5O+. The molecule has 0 spiro atoms. The molecule has 6 nitrogen and oxygen atoms in total. The zero-order valence-corrected chi connectivity index (χ0v) is 15.3. The predicted octanol–water partition coefficient (Wildman–Crippen LogP) is 3.13. The van der Waals surface area contributed by atoms with Gasteiger partial charge in [-0.1, -0.05) is 48.5 Å². The summed E-state index contributed by atoms with van der Waals surface area (Å²) in [4.78, 5) is 16.2. The molecule has 2 aromatic carbocycles. The number of nitrogens with two attached hydrogens (primary N) is 1. The third-order valence-electron chi connectivity index (χ3n) is 4.76. The van der Waals surface area contributed by atoms with E-state index in [4.69, 9.17) is 5.73 Å². The Bertz CT molecular complexity index is 1120. The van der Waals surface area contributed by atoms with Gasteiger partial charge in [0.25, 0.3) is 11.7 Å². The average molecular weight is 368 g/mol. The van der Waals surface area contributed by atoms with Gasteiger partial charge in [-0.25, -0.2) is 4.98 Å². The van der Waals surface area contributed by atoms with Gasteiger partial charge in [0.1, 0.15) is 23.2 Å². The second-order valence-electron chi connectivity index (χ2n) is 6.56. The van der Waals surface area contributed by atoms with E-state index in [1.165, 1.54) is 5.01 Å². The number of amides is 1. The monoisotopic (exact) mass is 368 g/mol. The SMILES string of the molecule is CC1=NN(c2ccccc2)C(=O)[C@H]1c1cc(-c2ccccc2)c(C#N)c(N)[nH+]1. The molecule has 0 bridgehead atoms. The molecule has 3 N–H and O–H groups in total. The molecular weight excluding hydrogens is 350 g/mol. The molecule has 0 fully saturated rings. The van der Waals surface area contributed by atoms with Crippen LogP contribution in [0.25, 0.3) is 11.1 Å². The minimum absolute atomic E-state index is 0.164. The number of nitriles is 1. The zero-order chi connectivity index (χ0) is 19.7. The molecule has 2 heterocycles. The first kappa shape index (κ1) is 17.4. The Balaban J connectivity index is 1.80. The Morgan fingerprint density at radius 1 is 1.11 bits per heavy atom. The summed E-state index contributed by atoms with van der Waals surface area (Å²) in [5.74, 6) is -0.515. The maximum Gasteiger partial charge on any atom is 0.289 e. The topological polar surface area (TPSA) is 96.6 Å². The van der Waals surface area contributed by atoms with Gasteiger partial charge in [0.15, 0.2) is 0 Å². The van der Waals surface area contributed by atoms with Crippen LogP contribution in [0.15, 0.2) is 71.8 Å². The fourth-order valence-corrected chi connectivity index (χ4v) is 3.43. The van der Waals surface area contributed by atoms with Gasteiger partial charge >= 0.3 is 0 Å². The van der Waals surface area contributed by atoms with Crippen LogP contribution in [0.1, 0.15) is 24.1 Å². The van der Waals surface area contributed by atoms with Crippen LogP contribution in [-0.4, -0.2) is 11.6 Å². The number of H-pyrrole nitrogens is 1. The number of hydrogen-bond donors (Lipinski definition) is 1. The standard InChI is InChI=1S/C22H17N5O/c1-14-20(22(28)27(26-14)16-10-6-3-7-11-16)19-12-17(15-8-4-2-5-9-15)18(13-23)21(24)25-19/h2-12,20H,1H3,(H2,24,25)/p+1/t20-/m1/s1. The summed E-state index contributed by atoms with van der Waals surface area (Å²) < 4.78 is 0. The minimum Gasteiger partial charge on any atom is -0.286 e. The second-order valence-corrected chi connectivity index (χ2v) is 6.56. The molecule has 136 valence electrons. The number of nitrogen functional groups attached to an aromatic ring is 1. The molecule has 1 aliphatic rings. The number of para-hydroxylation sites is 1. The maximum atomic E-state index is 13.1. The lowest BCUT2D eigenvalue weighted by Crippen LogP contribution is -2.31. The van der Waals surface area contributed by atoms with Gasteiger partial charge in [-0.15, -0.1) is 0 Å². The molecule has 0 saturated heterocycles. The number of aromatic amines is 1. The molecule has 1 atom stereocenters. The summed E-state index contributed by atoms with van der Waals surface area (Å²) in [6.45, 7) is 1.82. The molecule has 0 saturated carbocycles. The lowest BCUT2D eigenvalue weighted by molar-refractivity contribution is -0.372. The fourth-order valence-electron chi connectivity index (χ4n) is 3.43. The Morgan fingerprint density at radius 3 is 2.39 bits per heavy atom. The summed E-state index contributed by atoms with van der Waals surface area (Å²) in [6, 6.07) is 22.8. The first-order chi connectivity index (χ1) is 13.6. The molecule has 0 aliphatic carbocycles. The number of hydrazone groups is 1. The van der Waals surface area contributed by atoms with Crippen molar-refractivity contribution in [3.05, 3.63) is 78.0 Å². The second kappa shape index (κ2) is 6.97. The Hall–Kier alpha value is -3.98. The highest BCUT2D eigenvalue weighted by Gasteiger charge is 2.38. The van der Waals surface area contributed by atoms with Gasteiger partial charge in [-0.2, -0.15) is 15.4 Å². The highest BCUT2D eigenvalue weighted by molar-refractivity contribution is 6.18. The number of pyridine rings is 1. The van der Waals surface area contributed by atoms with Gasteiger partial charge < -0.3 is 0 Å². The summed E-state index contributed by atoms with van der Waals surface area (Å²) in [5.41, 5.74) is 10.0. The number of nitrogens with zero attached hydrogens (tertiary/aromatic N) is 3. The van der Waals surface area contributed by atoms with E-state index in [9.17, 15) is 10.1 Å². The van der Waals surface area contributed by atoms with Crippen molar-refractivity contribution >= 4 is 23.1 Å². The van der Waals surface area contributed by atoms with E-state index < -0.39 is 5.92 Å². The van der Waals surface area contributed by atoms with Gasteiger partial charge in [-0.3, -0.25) is 10.5 Å². The summed E-state index contributed by atoms with van der Waals surface area (Å²) in [7, 11) is 0. The van der Waals surface area contributed by atoms with E-state index in [0.29, 0.717) is 28.2 Å². The molecule has 4 rings (SSSR count). The van der Waals surface area contributed by atoms with Crippen molar-refractivity contribution in [2.24, 2.45) is 5.10 Å². The highest BCUT2D eigenvalue weighted by Crippen LogP contribution is 2.32. The Kier molecular flexibility index (Phi) is 4.34. The summed E-state index contributed by atoms with van der Waals surface area (Å²) >= 11 is 0. The van der Waals surface area contributed by atoms with E-state index in [-0.39, 0.29) is 11.7 Å². The van der Waals surface area contributed by atoms with Gasteiger partial charge in [0, 0.05) is 5.56 Å². The maximum absolute atomic E-state index is 13.1. The van der Waals surface area contributed by atoms with Crippen LogP contribution in [0.5, 0.6) is 0 Å². The lowest BCUT2D eigenvalue weighted by atomic mass is 9.94. The van der Waals surface area contributed by atoms with Gasteiger partial charge in [0.2, 0.25) is 0 Å². The number of benzene rings is 2. The number of nitrogens with one attached hydrogen (secondary N) is 1. The van der Waals surface area contributed by atoms with E-state index in [1.807, 2.05) is 73.7 Å². The fraction of sp³-hybridized carbons (Fsp3) is 0.0909. The zero-order valence-electron chi connectivity index (χ0n) is 15.3. The summed E-state index contributed by atoms with van der Waals surface area (Å²) in [6.07, 6.45) is 0. The molecule has 0 unspecified atom stereocenters. The molecule has 3 aromatic rings. The lowest BCUT2D eigenvalue weighted by Gasteiger charge is -2.14. The first-order valence-corrected chi connectivity index (χ1v) is 8.85. The normalized spacial score (nSPS) is 16.0. The minimum atomic E-state index is -0.585. The van der Waals surface area contributed by atoms with Crippen molar-refractivity contribution in [3.8, 4) is 17.2 Å². The van der Waals surface area contributed by atoms with Gasteiger partial charge in [-0.05, 0) is 30.7 Å². The van der Waals surface area contributed by atoms with E-state index in [0.717, 1.165) is 5.56 Å². The predicted molar refractivity (Wildman–Crippen MR) is 107 cm³/mol. The molecule has 6 heteroatoms. The van der Waals surface area contributed by atoms with Crippen molar-refractivity contribution in [1.29, 1.82) is 5.26 Å². The molecule has 0 radical (unpaired) electrons. The van der Waals surface area contributed by atoms with Crippen LogP contribution in [0.3, 0.4) is 0 Å². The first-order valence-electron chi connectivity index (χ1n) is 8.85. The van der Waals surface area contributed by atoms with Crippen molar-refractivity contribution in [2.75, 3.05) is 10.7 Å². The number of carbonyl (C=O) groups is 1. The van der Waals surface area contributed by atoms with Crippen LogP contribution in [0, 0.1) is 11.3 Å². The van der Waals surface area contributed by atoms with Crippen LogP contribution in [0.4, 0.5) is 11.5 Å². The largest absolute Gasteiger partial charge is 0.289 e. The van der Waals surface area contributed by atoms with Crippen LogP contribution < -0.4 is 15.7 Å². The van der Waals surface area contributed by atoms with Crippen molar-refractivity contribution in [3.63, 3.8) is 0 Å². The highest BCUT2D eigenvalue weighted by atomic mass is 16.2. The Morgan fingerprint density at radius 2 is 1.75 bits per heavy atom. The van der Waals surface area contributed by atoms with Crippen molar-refractivity contribution in [1.82, 2.24) is 0 Å². The van der Waals surface area contributed by atoms with Crippen LogP contribution >= 0.6 is 0 Å². The quantitative estimate of drug-likeness (QED) is 0.769. The molecule has 1 aromatic heterocycles. The molecule has 28 heavy (non-hydrogen) atoms. The number of aromatic nitrogens is 1. The summed E-state index contributed by atoms with van der Waals surface area (Å²) in [5, 5.41) is 15.4. The molecule has 1 aliphatic heterocycles. The number of rotatable bonds is 3. The number of anilines is 2.